The number of hydrogen-bond donors (Lipinski definition) is 3. The maximum atomic E-state index is 12.2. The molecule has 1 aliphatic rings. The summed E-state index contributed by atoms with van der Waals surface area (Å²) < 4.78 is 19.2. The molecule has 0 aromatic rings. The first-order chi connectivity index (χ1) is 9.00. The summed E-state index contributed by atoms with van der Waals surface area (Å²) in [7, 11) is -2.84. The Kier molecular flexibility index (Phi) is 10.9. The monoisotopic (exact) mass is 335 g/mol. The van der Waals surface area contributed by atoms with Gasteiger partial charge in [-0.25, -0.2) is 9.76 Å². The van der Waals surface area contributed by atoms with Crippen LogP contribution in [0, 0.1) is 0 Å². The summed E-state index contributed by atoms with van der Waals surface area (Å²) in [5.74, 6) is -0.0946. The van der Waals surface area contributed by atoms with Crippen LogP contribution in [0.5, 0.6) is 0 Å². The number of carboxylic acid groups (broad SMARTS) is 1. The predicted molar refractivity (Wildman–Crippen MR) is 75.9 cm³/mol. The van der Waals surface area contributed by atoms with Gasteiger partial charge >= 0.3 is 13.6 Å². The Balaban J connectivity index is 0.000000555. The summed E-state index contributed by atoms with van der Waals surface area (Å²) in [6, 6.07) is 0. The molecule has 0 aromatic heterocycles. The number of carboxylic acids is 1. The van der Waals surface area contributed by atoms with Gasteiger partial charge in [-0.3, -0.25) is 9.36 Å². The van der Waals surface area contributed by atoms with Crippen LogP contribution in [-0.4, -0.2) is 60.3 Å². The summed E-state index contributed by atoms with van der Waals surface area (Å²) in [5.41, 5.74) is 4.57. The molecule has 1 rings (SSSR count). The second-order valence-electron chi connectivity index (χ2n) is 3.54. The fourth-order valence-electron chi connectivity index (χ4n) is 1.32. The number of carbonyl (C=O) groups is 1. The third kappa shape index (κ3) is 8.09. The smallest absolute Gasteiger partial charge is 0.343 e. The molecule has 1 unspecified atom stereocenters. The molecule has 0 amide bonds. The number of rotatable bonds is 6. The summed E-state index contributed by atoms with van der Waals surface area (Å²) in [6.07, 6.45) is 0.892. The largest absolute Gasteiger partial charge is 0.480 e. The Bertz CT molecular complexity index is 307. The van der Waals surface area contributed by atoms with Crippen LogP contribution in [0.25, 0.3) is 0 Å². The third-order valence-corrected chi connectivity index (χ3v) is 4.78. The van der Waals surface area contributed by atoms with Crippen molar-refractivity contribution >= 4 is 36.8 Å². The van der Waals surface area contributed by atoms with Gasteiger partial charge in [0.1, 0.15) is 0 Å². The predicted octanol–water partition coefficient (Wildman–Crippen LogP) is 0.914. The molecule has 0 bridgehead atoms. The van der Waals surface area contributed by atoms with E-state index in [1.165, 1.54) is 0 Å². The zero-order valence-corrected chi connectivity index (χ0v) is 13.0. The molecule has 1 saturated heterocycles. The first-order valence-electron chi connectivity index (χ1n) is 5.79. The fourth-order valence-corrected chi connectivity index (χ4v) is 3.86. The number of alkyl halides is 2. The van der Waals surface area contributed by atoms with Crippen LogP contribution in [-0.2, 0) is 13.9 Å². The van der Waals surface area contributed by atoms with Crippen LogP contribution in [0.4, 0.5) is 0 Å². The van der Waals surface area contributed by atoms with Crippen LogP contribution in [0.1, 0.15) is 6.42 Å². The Morgan fingerprint density at radius 1 is 1.47 bits per heavy atom. The third-order valence-electron chi connectivity index (χ3n) is 2.12. The Morgan fingerprint density at radius 2 is 2.11 bits per heavy atom. The number of hydrogen-bond acceptors (Lipinski definition) is 4. The van der Waals surface area contributed by atoms with Gasteiger partial charge in [-0.1, -0.05) is 0 Å². The zero-order chi connectivity index (χ0) is 14.7. The first-order valence-corrected chi connectivity index (χ1v) is 8.43. The van der Waals surface area contributed by atoms with Crippen molar-refractivity contribution in [1.29, 1.82) is 0 Å². The standard InChI is InChI=1S/C7H15Cl2N2O2P.C2H5NO2/c8-2-4-10-14(12)11(6-3-9)5-1-7-13-14;3-1-2(4)5/h1-7H2,(H,10,12);1,3H2,(H,4,5). The molecule has 0 aromatic carbocycles. The van der Waals surface area contributed by atoms with Crippen LogP contribution in [0.15, 0.2) is 0 Å². The van der Waals surface area contributed by atoms with Crippen molar-refractivity contribution < 1.29 is 19.0 Å². The Morgan fingerprint density at radius 3 is 2.58 bits per heavy atom. The molecule has 1 heterocycles. The maximum absolute atomic E-state index is 12.2. The Labute approximate surface area is 122 Å². The highest BCUT2D eigenvalue weighted by Crippen LogP contribution is 2.48. The molecular formula is C9H20Cl2N3O4P. The minimum Gasteiger partial charge on any atom is -0.480 e. The van der Waals surface area contributed by atoms with Crippen LogP contribution >= 0.6 is 30.9 Å². The lowest BCUT2D eigenvalue weighted by molar-refractivity contribution is -0.135. The zero-order valence-electron chi connectivity index (χ0n) is 10.6. The highest BCUT2D eigenvalue weighted by Gasteiger charge is 2.33. The molecular weight excluding hydrogens is 316 g/mol. The van der Waals surface area contributed by atoms with Crippen molar-refractivity contribution in [3.8, 4) is 0 Å². The van der Waals surface area contributed by atoms with E-state index in [-0.39, 0.29) is 6.54 Å². The molecule has 1 fully saturated rings. The second-order valence-corrected chi connectivity index (χ2v) is 6.48. The highest BCUT2D eigenvalue weighted by molar-refractivity contribution is 7.54. The minimum absolute atomic E-state index is 0.278. The lowest BCUT2D eigenvalue weighted by Gasteiger charge is -2.34. The molecule has 1 aliphatic heterocycles. The van der Waals surface area contributed by atoms with E-state index in [2.05, 4.69) is 10.8 Å². The Hall–Kier alpha value is 0.120. The van der Waals surface area contributed by atoms with Gasteiger partial charge in [-0.2, -0.15) is 0 Å². The van der Waals surface area contributed by atoms with E-state index in [1.54, 1.807) is 4.67 Å². The van der Waals surface area contributed by atoms with Crippen molar-refractivity contribution in [3.63, 3.8) is 0 Å². The molecule has 0 radical (unpaired) electrons. The molecule has 19 heavy (non-hydrogen) atoms. The van der Waals surface area contributed by atoms with Crippen molar-refractivity contribution in [2.45, 2.75) is 6.42 Å². The molecule has 0 saturated carbocycles. The van der Waals surface area contributed by atoms with Gasteiger partial charge in [0.05, 0.1) is 13.2 Å². The van der Waals surface area contributed by atoms with Gasteiger partial charge in [-0.05, 0) is 6.42 Å². The number of nitrogens with two attached hydrogens (primary N) is 1. The van der Waals surface area contributed by atoms with E-state index in [0.29, 0.717) is 31.5 Å². The van der Waals surface area contributed by atoms with E-state index in [1.807, 2.05) is 0 Å². The normalized spacial score (nSPS) is 23.5. The molecule has 10 heteroatoms. The number of nitrogens with one attached hydrogen (secondary N) is 1. The van der Waals surface area contributed by atoms with Crippen LogP contribution in [0.2, 0.25) is 0 Å². The van der Waals surface area contributed by atoms with Crippen LogP contribution < -0.4 is 10.8 Å². The molecule has 114 valence electrons. The minimum atomic E-state index is -2.84. The van der Waals surface area contributed by atoms with Gasteiger partial charge in [0.15, 0.2) is 0 Å². The summed E-state index contributed by atoms with van der Waals surface area (Å²) in [6.45, 7) is 2.08. The fraction of sp³-hybridized carbons (Fsp3) is 0.889. The number of nitrogens with zero attached hydrogens (tertiary/aromatic N) is 1. The summed E-state index contributed by atoms with van der Waals surface area (Å²) >= 11 is 11.1. The van der Waals surface area contributed by atoms with Crippen LogP contribution in [0.3, 0.4) is 0 Å². The van der Waals surface area contributed by atoms with Crippen molar-refractivity contribution in [2.24, 2.45) is 5.73 Å². The summed E-state index contributed by atoms with van der Waals surface area (Å²) in [4.78, 5) is 9.24. The quantitative estimate of drug-likeness (QED) is 0.489. The topological polar surface area (TPSA) is 105 Å². The highest BCUT2D eigenvalue weighted by atomic mass is 35.5. The van der Waals surface area contributed by atoms with E-state index in [0.717, 1.165) is 13.0 Å². The van der Waals surface area contributed by atoms with Gasteiger partial charge in [0, 0.05) is 31.4 Å². The first kappa shape index (κ1) is 19.1. The van der Waals surface area contributed by atoms with E-state index >= 15 is 0 Å². The van der Waals surface area contributed by atoms with Crippen molar-refractivity contribution in [3.05, 3.63) is 0 Å². The van der Waals surface area contributed by atoms with Gasteiger partial charge in [-0.15, -0.1) is 23.2 Å². The lowest BCUT2D eigenvalue weighted by Crippen LogP contribution is -2.36. The maximum Gasteiger partial charge on any atom is 0.343 e. The molecule has 0 aliphatic carbocycles. The van der Waals surface area contributed by atoms with Crippen molar-refractivity contribution in [2.75, 3.05) is 44.5 Å². The molecule has 1 atom stereocenters. The van der Waals surface area contributed by atoms with E-state index in [9.17, 15) is 9.36 Å². The summed E-state index contributed by atoms with van der Waals surface area (Å²) in [5, 5.41) is 10.4. The van der Waals surface area contributed by atoms with Gasteiger partial charge in [0.2, 0.25) is 0 Å². The van der Waals surface area contributed by atoms with E-state index in [4.69, 9.17) is 32.8 Å². The average molecular weight is 336 g/mol. The van der Waals surface area contributed by atoms with E-state index < -0.39 is 13.6 Å². The second kappa shape index (κ2) is 10.9. The average Bonchev–Trinajstić information content (AvgIpc) is 2.40. The van der Waals surface area contributed by atoms with Gasteiger partial charge in [0.25, 0.3) is 0 Å². The lowest BCUT2D eigenvalue weighted by atomic mass is 10.4. The number of aliphatic carboxylic acids is 1. The SMILES string of the molecule is NCC(=O)O.O=P1(NCCCl)OCCCN1CCCl. The van der Waals surface area contributed by atoms with Crippen molar-refractivity contribution in [1.82, 2.24) is 9.76 Å². The molecule has 7 nitrogen and oxygen atoms in total. The number of halogens is 2. The molecule has 4 N–H and O–H groups in total. The molecule has 0 spiro atoms. The van der Waals surface area contributed by atoms with Gasteiger partial charge < -0.3 is 15.4 Å².